The molecule has 29 heavy (non-hydrogen) atoms. The Hall–Kier alpha value is -3.15. The summed E-state index contributed by atoms with van der Waals surface area (Å²) in [5, 5.41) is 5.62. The number of rotatable bonds is 8. The lowest BCUT2D eigenvalue weighted by atomic mass is 10.1. The highest BCUT2D eigenvalue weighted by molar-refractivity contribution is 6.00. The maximum atomic E-state index is 12.4. The van der Waals surface area contributed by atoms with Crippen LogP contribution in [-0.2, 0) is 27.2 Å². The van der Waals surface area contributed by atoms with Crippen molar-refractivity contribution in [2.24, 2.45) is 5.92 Å². The van der Waals surface area contributed by atoms with Crippen LogP contribution in [0, 0.1) is 5.92 Å². The number of benzene rings is 2. The van der Waals surface area contributed by atoms with Crippen LogP contribution >= 0.6 is 0 Å². The van der Waals surface area contributed by atoms with Crippen LogP contribution in [0.25, 0.3) is 0 Å². The van der Waals surface area contributed by atoms with Crippen molar-refractivity contribution in [1.29, 1.82) is 0 Å². The van der Waals surface area contributed by atoms with Crippen LogP contribution < -0.4 is 15.5 Å². The van der Waals surface area contributed by atoms with E-state index in [1.807, 2.05) is 54.6 Å². The van der Waals surface area contributed by atoms with Gasteiger partial charge in [-0.2, -0.15) is 0 Å². The SMILES string of the molecule is CCc1ccc(N2CC(C(=O)NCCNC(=O)Cc3ccccc3)CC2=O)cc1. The Balaban J connectivity index is 1.40. The highest BCUT2D eigenvalue weighted by atomic mass is 16.2. The molecule has 3 amide bonds. The minimum atomic E-state index is -0.367. The molecule has 1 fully saturated rings. The fraction of sp³-hybridized carbons (Fsp3) is 0.348. The molecule has 3 rings (SSSR count). The molecule has 1 aliphatic heterocycles. The molecule has 6 heteroatoms. The molecule has 1 saturated heterocycles. The molecule has 0 bridgehead atoms. The standard InChI is InChI=1S/C23H27N3O3/c1-2-17-8-10-20(11-9-17)26-16-19(15-22(26)28)23(29)25-13-12-24-21(27)14-18-6-4-3-5-7-18/h3-11,19H,2,12-16H2,1H3,(H,24,27)(H,25,29). The normalized spacial score (nSPS) is 16.0. The molecule has 2 aromatic carbocycles. The third kappa shape index (κ3) is 5.67. The van der Waals surface area contributed by atoms with E-state index in [-0.39, 0.29) is 30.1 Å². The van der Waals surface area contributed by atoms with E-state index in [2.05, 4.69) is 17.6 Å². The van der Waals surface area contributed by atoms with Crippen LogP contribution in [0.4, 0.5) is 5.69 Å². The van der Waals surface area contributed by atoms with Crippen molar-refractivity contribution in [2.75, 3.05) is 24.5 Å². The summed E-state index contributed by atoms with van der Waals surface area (Å²) >= 11 is 0. The summed E-state index contributed by atoms with van der Waals surface area (Å²) in [4.78, 5) is 38.3. The molecule has 152 valence electrons. The second kappa shape index (κ2) is 9.87. The van der Waals surface area contributed by atoms with Crippen molar-refractivity contribution in [3.63, 3.8) is 0 Å². The second-order valence-corrected chi connectivity index (χ2v) is 7.23. The van der Waals surface area contributed by atoms with Gasteiger partial charge in [0.25, 0.3) is 0 Å². The maximum Gasteiger partial charge on any atom is 0.227 e. The monoisotopic (exact) mass is 393 g/mol. The number of carbonyl (C=O) groups excluding carboxylic acids is 3. The summed E-state index contributed by atoms with van der Waals surface area (Å²) in [5.74, 6) is -0.634. The topological polar surface area (TPSA) is 78.5 Å². The van der Waals surface area contributed by atoms with Gasteiger partial charge in [-0.1, -0.05) is 49.4 Å². The smallest absolute Gasteiger partial charge is 0.227 e. The van der Waals surface area contributed by atoms with Gasteiger partial charge >= 0.3 is 0 Å². The van der Waals surface area contributed by atoms with E-state index in [1.165, 1.54) is 5.56 Å². The van der Waals surface area contributed by atoms with Crippen molar-refractivity contribution in [2.45, 2.75) is 26.2 Å². The van der Waals surface area contributed by atoms with Crippen LogP contribution in [0.2, 0.25) is 0 Å². The molecule has 0 spiro atoms. The van der Waals surface area contributed by atoms with Gasteiger partial charge in [-0.05, 0) is 29.7 Å². The first-order valence-corrected chi connectivity index (χ1v) is 10.0. The fourth-order valence-electron chi connectivity index (χ4n) is 3.42. The first-order chi connectivity index (χ1) is 14.1. The zero-order valence-corrected chi connectivity index (χ0v) is 16.7. The van der Waals surface area contributed by atoms with E-state index in [0.29, 0.717) is 26.1 Å². The zero-order chi connectivity index (χ0) is 20.6. The van der Waals surface area contributed by atoms with Crippen LogP contribution in [0.5, 0.6) is 0 Å². The van der Waals surface area contributed by atoms with Crippen molar-refractivity contribution in [3.8, 4) is 0 Å². The Kier molecular flexibility index (Phi) is 7.00. The highest BCUT2D eigenvalue weighted by Gasteiger charge is 2.34. The summed E-state index contributed by atoms with van der Waals surface area (Å²) in [7, 11) is 0. The maximum absolute atomic E-state index is 12.4. The van der Waals surface area contributed by atoms with Gasteiger partial charge in [0.15, 0.2) is 0 Å². The molecule has 1 aliphatic rings. The highest BCUT2D eigenvalue weighted by Crippen LogP contribution is 2.25. The van der Waals surface area contributed by atoms with Gasteiger partial charge < -0.3 is 15.5 Å². The molecular formula is C23H27N3O3. The Morgan fingerprint density at radius 1 is 0.966 bits per heavy atom. The van der Waals surface area contributed by atoms with E-state index in [1.54, 1.807) is 4.90 Å². The molecule has 1 atom stereocenters. The van der Waals surface area contributed by atoms with Crippen molar-refractivity contribution in [3.05, 3.63) is 65.7 Å². The molecule has 0 radical (unpaired) electrons. The number of nitrogens with one attached hydrogen (secondary N) is 2. The number of aryl methyl sites for hydroxylation is 1. The molecule has 0 aliphatic carbocycles. The van der Waals surface area contributed by atoms with Gasteiger partial charge in [0.05, 0.1) is 12.3 Å². The van der Waals surface area contributed by atoms with Crippen LogP contribution in [-0.4, -0.2) is 37.4 Å². The summed E-state index contributed by atoms with van der Waals surface area (Å²) in [6, 6.07) is 17.4. The van der Waals surface area contributed by atoms with E-state index in [9.17, 15) is 14.4 Å². The van der Waals surface area contributed by atoms with Gasteiger partial charge in [-0.15, -0.1) is 0 Å². The lowest BCUT2D eigenvalue weighted by molar-refractivity contribution is -0.126. The van der Waals surface area contributed by atoms with Crippen molar-refractivity contribution >= 4 is 23.4 Å². The first kappa shape index (κ1) is 20.6. The third-order valence-electron chi connectivity index (χ3n) is 5.11. The summed E-state index contributed by atoms with van der Waals surface area (Å²) < 4.78 is 0. The van der Waals surface area contributed by atoms with Crippen LogP contribution in [0.15, 0.2) is 54.6 Å². The first-order valence-electron chi connectivity index (χ1n) is 10.0. The molecule has 2 N–H and O–H groups in total. The van der Waals surface area contributed by atoms with Crippen molar-refractivity contribution in [1.82, 2.24) is 10.6 Å². The Bertz CT molecular complexity index is 849. The minimum Gasteiger partial charge on any atom is -0.354 e. The molecule has 1 heterocycles. The van der Waals surface area contributed by atoms with Gasteiger partial charge in [0, 0.05) is 31.7 Å². The minimum absolute atomic E-state index is 0.0365. The fourth-order valence-corrected chi connectivity index (χ4v) is 3.42. The summed E-state index contributed by atoms with van der Waals surface area (Å²) in [6.45, 7) is 3.17. The van der Waals surface area contributed by atoms with Gasteiger partial charge in [0.1, 0.15) is 0 Å². The Morgan fingerprint density at radius 3 is 2.34 bits per heavy atom. The average molecular weight is 393 g/mol. The summed E-state index contributed by atoms with van der Waals surface area (Å²) in [6.07, 6.45) is 1.47. The predicted octanol–water partition coefficient (Wildman–Crippen LogP) is 2.08. The lowest BCUT2D eigenvalue weighted by Crippen LogP contribution is -2.38. The van der Waals surface area contributed by atoms with E-state index < -0.39 is 0 Å². The number of anilines is 1. The third-order valence-corrected chi connectivity index (χ3v) is 5.11. The largest absolute Gasteiger partial charge is 0.354 e. The molecule has 0 aromatic heterocycles. The van der Waals surface area contributed by atoms with E-state index in [0.717, 1.165) is 17.7 Å². The van der Waals surface area contributed by atoms with Crippen molar-refractivity contribution < 1.29 is 14.4 Å². The van der Waals surface area contributed by atoms with Gasteiger partial charge in [0.2, 0.25) is 17.7 Å². The van der Waals surface area contributed by atoms with Crippen LogP contribution in [0.1, 0.15) is 24.5 Å². The molecule has 1 unspecified atom stereocenters. The molecule has 6 nitrogen and oxygen atoms in total. The molecule has 2 aromatic rings. The Labute approximate surface area is 171 Å². The van der Waals surface area contributed by atoms with Gasteiger partial charge in [-0.25, -0.2) is 0 Å². The number of amides is 3. The molecule has 0 saturated carbocycles. The Morgan fingerprint density at radius 2 is 1.66 bits per heavy atom. The molecular weight excluding hydrogens is 366 g/mol. The van der Waals surface area contributed by atoms with Gasteiger partial charge in [-0.3, -0.25) is 14.4 Å². The quantitative estimate of drug-likeness (QED) is 0.674. The summed E-state index contributed by atoms with van der Waals surface area (Å²) in [5.41, 5.74) is 2.99. The van der Waals surface area contributed by atoms with E-state index in [4.69, 9.17) is 0 Å². The number of carbonyl (C=O) groups is 3. The van der Waals surface area contributed by atoms with Crippen LogP contribution in [0.3, 0.4) is 0 Å². The predicted molar refractivity (Wildman–Crippen MR) is 112 cm³/mol. The average Bonchev–Trinajstić information content (AvgIpc) is 3.13. The number of nitrogens with zero attached hydrogens (tertiary/aromatic N) is 1. The lowest BCUT2D eigenvalue weighted by Gasteiger charge is -2.17. The second-order valence-electron chi connectivity index (χ2n) is 7.23. The zero-order valence-electron chi connectivity index (χ0n) is 16.7. The number of hydrogen-bond donors (Lipinski definition) is 2. The number of hydrogen-bond acceptors (Lipinski definition) is 3. The van der Waals surface area contributed by atoms with E-state index >= 15 is 0 Å².